The number of fused-ring (bicyclic) bond motifs is 1. The van der Waals surface area contributed by atoms with Crippen LogP contribution in [0.1, 0.15) is 13.8 Å². The summed E-state index contributed by atoms with van der Waals surface area (Å²) in [6.07, 6.45) is 0. The van der Waals surface area contributed by atoms with Gasteiger partial charge in [-0.2, -0.15) is 0 Å². The van der Waals surface area contributed by atoms with Crippen molar-refractivity contribution >= 4 is 22.8 Å². The van der Waals surface area contributed by atoms with E-state index >= 15 is 0 Å². The van der Waals surface area contributed by atoms with Crippen molar-refractivity contribution in [2.24, 2.45) is 0 Å². The summed E-state index contributed by atoms with van der Waals surface area (Å²) in [4.78, 5) is 26.1. The smallest absolute Gasteiger partial charge is 0.309 e. The normalized spacial score (nSPS) is 10.1. The minimum absolute atomic E-state index is 0.00333. The van der Waals surface area contributed by atoms with Gasteiger partial charge in [0.15, 0.2) is 5.75 Å². The third-order valence-electron chi connectivity index (χ3n) is 2.15. The molecule has 18 heavy (non-hydrogen) atoms. The van der Waals surface area contributed by atoms with Crippen LogP contribution in [-0.2, 0) is 9.59 Å². The number of aromatic nitrogens is 1. The minimum Gasteiger partial charge on any atom is -0.421 e. The Bertz CT molecular complexity index is 567. The lowest BCUT2D eigenvalue weighted by molar-refractivity contribution is -0.134. The highest BCUT2D eigenvalue weighted by molar-refractivity contribution is 5.83. The molecular weight excluding hydrogens is 234 g/mol. The molecule has 0 fully saturated rings. The fraction of sp³-hybridized carbons (Fsp3) is 0.154. The van der Waals surface area contributed by atoms with Gasteiger partial charge in [0.05, 0.1) is 5.52 Å². The molecule has 0 aliphatic rings. The molecule has 92 valence electrons. The first-order chi connectivity index (χ1) is 8.56. The number of ether oxygens (including phenoxy) is 2. The zero-order valence-electron chi connectivity index (χ0n) is 9.97. The quantitative estimate of drug-likeness (QED) is 0.758. The van der Waals surface area contributed by atoms with Crippen LogP contribution in [0.2, 0.25) is 0 Å². The molecule has 0 N–H and O–H groups in total. The second-order valence-corrected chi connectivity index (χ2v) is 3.67. The van der Waals surface area contributed by atoms with Crippen LogP contribution in [0.25, 0.3) is 10.9 Å². The predicted octanol–water partition coefficient (Wildman–Crippen LogP) is 2.09. The van der Waals surface area contributed by atoms with E-state index in [0.29, 0.717) is 5.52 Å². The molecule has 0 spiro atoms. The largest absolute Gasteiger partial charge is 0.421 e. The monoisotopic (exact) mass is 245 g/mol. The van der Waals surface area contributed by atoms with Crippen LogP contribution in [0.3, 0.4) is 0 Å². The van der Waals surface area contributed by atoms with Crippen molar-refractivity contribution in [1.82, 2.24) is 4.98 Å². The molecule has 0 atom stereocenters. The Morgan fingerprint density at radius 1 is 1.06 bits per heavy atom. The van der Waals surface area contributed by atoms with Gasteiger partial charge >= 0.3 is 11.9 Å². The number of carbonyl (C=O) groups excluding carboxylic acids is 2. The fourth-order valence-electron chi connectivity index (χ4n) is 1.52. The molecule has 0 bridgehead atoms. The molecule has 0 saturated heterocycles. The van der Waals surface area contributed by atoms with Crippen LogP contribution < -0.4 is 9.47 Å². The Balaban J connectivity index is 2.55. The molecule has 2 aromatic rings. The molecule has 5 nitrogen and oxygen atoms in total. The van der Waals surface area contributed by atoms with Crippen molar-refractivity contribution in [2.75, 3.05) is 0 Å². The summed E-state index contributed by atoms with van der Waals surface area (Å²) in [5.74, 6) is -0.889. The van der Waals surface area contributed by atoms with Crippen molar-refractivity contribution in [3.05, 3.63) is 30.3 Å². The average Bonchev–Trinajstić information content (AvgIpc) is 2.28. The van der Waals surface area contributed by atoms with E-state index in [1.165, 1.54) is 13.8 Å². The first-order valence-electron chi connectivity index (χ1n) is 5.33. The van der Waals surface area contributed by atoms with Crippen LogP contribution in [0.15, 0.2) is 30.3 Å². The van der Waals surface area contributed by atoms with Gasteiger partial charge in [-0.3, -0.25) is 9.59 Å². The molecule has 0 aliphatic heterocycles. The summed E-state index contributed by atoms with van der Waals surface area (Å²) in [6, 6.07) is 8.88. The third-order valence-corrected chi connectivity index (χ3v) is 2.15. The van der Waals surface area contributed by atoms with E-state index < -0.39 is 11.9 Å². The number of benzene rings is 1. The lowest BCUT2D eigenvalue weighted by Gasteiger charge is -2.08. The fourth-order valence-corrected chi connectivity index (χ4v) is 1.52. The maximum absolute atomic E-state index is 11.0. The number of esters is 2. The minimum atomic E-state index is -0.522. The number of hydrogen-bond acceptors (Lipinski definition) is 5. The Labute approximate surface area is 103 Å². The topological polar surface area (TPSA) is 65.5 Å². The van der Waals surface area contributed by atoms with Crippen LogP contribution >= 0.6 is 0 Å². The zero-order chi connectivity index (χ0) is 13.1. The van der Waals surface area contributed by atoms with Gasteiger partial charge < -0.3 is 9.47 Å². The maximum atomic E-state index is 11.0. The van der Waals surface area contributed by atoms with E-state index in [1.807, 2.05) is 18.2 Å². The van der Waals surface area contributed by atoms with Gasteiger partial charge in [-0.1, -0.05) is 18.2 Å². The van der Waals surface area contributed by atoms with Crippen LogP contribution in [0, 0.1) is 0 Å². The van der Waals surface area contributed by atoms with Gasteiger partial charge in [0, 0.05) is 19.2 Å². The molecule has 1 aromatic heterocycles. The number of hydrogen-bond donors (Lipinski definition) is 0. The van der Waals surface area contributed by atoms with E-state index in [1.54, 1.807) is 12.1 Å². The average molecular weight is 245 g/mol. The van der Waals surface area contributed by atoms with Crippen LogP contribution in [-0.4, -0.2) is 16.9 Å². The molecule has 0 unspecified atom stereocenters. The van der Waals surface area contributed by atoms with Crippen molar-refractivity contribution in [3.8, 4) is 11.6 Å². The summed E-state index contributed by atoms with van der Waals surface area (Å²) in [5.41, 5.74) is 0.657. The molecular formula is C13H11NO4. The molecule has 1 aromatic carbocycles. The van der Waals surface area contributed by atoms with E-state index in [-0.39, 0.29) is 11.6 Å². The molecule has 5 heteroatoms. The van der Waals surface area contributed by atoms with Gasteiger partial charge in [0.25, 0.3) is 5.88 Å². The Hall–Kier alpha value is -2.43. The van der Waals surface area contributed by atoms with Gasteiger partial charge in [-0.25, -0.2) is 4.98 Å². The molecule has 0 aliphatic carbocycles. The number of rotatable bonds is 2. The molecule has 0 saturated carbocycles. The maximum Gasteiger partial charge on any atom is 0.309 e. The molecule has 1 heterocycles. The highest BCUT2D eigenvalue weighted by atomic mass is 16.6. The number of pyridine rings is 1. The lowest BCUT2D eigenvalue weighted by atomic mass is 10.2. The van der Waals surface area contributed by atoms with E-state index in [9.17, 15) is 9.59 Å². The molecule has 0 amide bonds. The van der Waals surface area contributed by atoms with E-state index in [0.717, 1.165) is 5.39 Å². The third kappa shape index (κ3) is 2.63. The first-order valence-corrected chi connectivity index (χ1v) is 5.33. The number of nitrogens with zero attached hydrogens (tertiary/aromatic N) is 1. The van der Waals surface area contributed by atoms with Gasteiger partial charge in [0.2, 0.25) is 0 Å². The summed E-state index contributed by atoms with van der Waals surface area (Å²) in [7, 11) is 0. The standard InChI is InChI=1S/C13H11NO4/c1-8(15)17-12-7-10-5-3-4-6-11(10)14-13(12)18-9(2)16/h3-7H,1-2H3. The first kappa shape index (κ1) is 12.0. The highest BCUT2D eigenvalue weighted by Crippen LogP contribution is 2.29. The summed E-state index contributed by atoms with van der Waals surface area (Å²) in [5, 5.41) is 0.796. The lowest BCUT2D eigenvalue weighted by Crippen LogP contribution is -2.08. The van der Waals surface area contributed by atoms with Crippen molar-refractivity contribution < 1.29 is 19.1 Å². The van der Waals surface area contributed by atoms with Gasteiger partial charge in [0.1, 0.15) is 0 Å². The predicted molar refractivity (Wildman–Crippen MR) is 64.4 cm³/mol. The van der Waals surface area contributed by atoms with E-state index in [4.69, 9.17) is 9.47 Å². The second-order valence-electron chi connectivity index (χ2n) is 3.67. The van der Waals surface area contributed by atoms with Crippen LogP contribution in [0.5, 0.6) is 11.6 Å². The van der Waals surface area contributed by atoms with E-state index in [2.05, 4.69) is 4.98 Å². The zero-order valence-corrected chi connectivity index (χ0v) is 9.97. The Morgan fingerprint density at radius 3 is 2.39 bits per heavy atom. The SMILES string of the molecule is CC(=O)Oc1cc2ccccc2nc1OC(C)=O. The molecule has 2 rings (SSSR count). The Morgan fingerprint density at radius 2 is 1.72 bits per heavy atom. The van der Waals surface area contributed by atoms with Crippen molar-refractivity contribution in [3.63, 3.8) is 0 Å². The van der Waals surface area contributed by atoms with Gasteiger partial charge in [-0.15, -0.1) is 0 Å². The summed E-state index contributed by atoms with van der Waals surface area (Å²) < 4.78 is 9.90. The van der Waals surface area contributed by atoms with Crippen molar-refractivity contribution in [1.29, 1.82) is 0 Å². The highest BCUT2D eigenvalue weighted by Gasteiger charge is 2.13. The molecule has 0 radical (unpaired) electrons. The second kappa shape index (κ2) is 4.83. The van der Waals surface area contributed by atoms with Crippen LogP contribution in [0.4, 0.5) is 0 Å². The summed E-state index contributed by atoms with van der Waals surface area (Å²) >= 11 is 0. The van der Waals surface area contributed by atoms with Gasteiger partial charge in [-0.05, 0) is 12.1 Å². The number of para-hydroxylation sites is 1. The van der Waals surface area contributed by atoms with Crippen molar-refractivity contribution in [2.45, 2.75) is 13.8 Å². The number of carbonyl (C=O) groups is 2. The Kier molecular flexibility index (Phi) is 3.23. The summed E-state index contributed by atoms with van der Waals surface area (Å²) in [6.45, 7) is 2.53.